The second kappa shape index (κ2) is 7.11. The second-order valence-corrected chi connectivity index (χ2v) is 8.08. The highest BCUT2D eigenvalue weighted by atomic mass is 32.2. The molecule has 27 heavy (non-hydrogen) atoms. The predicted molar refractivity (Wildman–Crippen MR) is 72.6 cm³/mol. The number of hydrogen-bond acceptors (Lipinski definition) is 6. The maximum atomic E-state index is 12.2. The Morgan fingerprint density at radius 3 is 1.74 bits per heavy atom. The maximum Gasteiger partial charge on any atom is 0.422 e. The summed E-state index contributed by atoms with van der Waals surface area (Å²) in [5.41, 5.74) is 0. The molecule has 1 N–H and O–H groups in total. The van der Waals surface area contributed by atoms with Gasteiger partial charge in [-0.25, -0.2) is 0 Å². The molecule has 0 amide bonds. The lowest BCUT2D eigenvalue weighted by Crippen LogP contribution is -2.44. The van der Waals surface area contributed by atoms with Crippen LogP contribution in [-0.4, -0.2) is 55.7 Å². The van der Waals surface area contributed by atoms with Crippen molar-refractivity contribution in [3.63, 3.8) is 0 Å². The highest BCUT2D eigenvalue weighted by molar-refractivity contribution is 7.86. The number of hydrogen-bond donors (Lipinski definition) is 1. The Labute approximate surface area is 148 Å². The van der Waals surface area contributed by atoms with Crippen LogP contribution >= 0.6 is 0 Å². The van der Waals surface area contributed by atoms with Gasteiger partial charge in [0.1, 0.15) is 0 Å². The molecule has 0 aromatic rings. The lowest BCUT2D eigenvalue weighted by atomic mass is 9.79. The molecule has 0 aliphatic heterocycles. The molecule has 0 aromatic heterocycles. The van der Waals surface area contributed by atoms with Crippen molar-refractivity contribution in [3.05, 3.63) is 0 Å². The van der Waals surface area contributed by atoms with E-state index in [4.69, 9.17) is 0 Å². The van der Waals surface area contributed by atoms with Crippen LogP contribution < -0.4 is 0 Å². The third kappa shape index (κ3) is 5.24. The molecule has 2 fully saturated rings. The molecular formula is C13H14F6O7S. The Morgan fingerprint density at radius 1 is 0.889 bits per heavy atom. The Morgan fingerprint density at radius 2 is 1.33 bits per heavy atom. The van der Waals surface area contributed by atoms with Crippen molar-refractivity contribution < 1.29 is 58.4 Å². The minimum absolute atomic E-state index is 0.165. The number of carbonyl (C=O) groups excluding carboxylic acids is 2. The minimum atomic E-state index is -4.90. The number of rotatable bonds is 5. The fourth-order valence-electron chi connectivity index (χ4n) is 3.80. The van der Waals surface area contributed by atoms with Gasteiger partial charge in [-0.05, 0) is 24.7 Å². The topological polar surface area (TPSA) is 107 Å². The van der Waals surface area contributed by atoms with Crippen molar-refractivity contribution in [3.8, 4) is 0 Å². The van der Waals surface area contributed by atoms with Crippen LogP contribution in [0.3, 0.4) is 0 Å². The van der Waals surface area contributed by atoms with E-state index in [1.54, 1.807) is 0 Å². The van der Waals surface area contributed by atoms with E-state index in [1.165, 1.54) is 0 Å². The first-order valence-corrected chi connectivity index (χ1v) is 9.03. The van der Waals surface area contributed by atoms with Crippen molar-refractivity contribution >= 4 is 22.1 Å². The highest BCUT2D eigenvalue weighted by Crippen LogP contribution is 2.55. The summed E-state index contributed by atoms with van der Waals surface area (Å²) in [6.45, 7) is -3.98. The standard InChI is InChI=1S/C13H14F6O7S/c14-12(15,16)3-25-10(20)8-5-1-6(7(2-5)27(22,23)24)9(8)11(21)26-4-13(17,18)19/h5-9H,1-4H2,(H,22,23,24). The van der Waals surface area contributed by atoms with Crippen molar-refractivity contribution in [2.75, 3.05) is 13.2 Å². The van der Waals surface area contributed by atoms with E-state index in [-0.39, 0.29) is 12.8 Å². The zero-order valence-electron chi connectivity index (χ0n) is 13.3. The molecule has 0 saturated heterocycles. The molecule has 2 saturated carbocycles. The van der Waals surface area contributed by atoms with Gasteiger partial charge in [-0.15, -0.1) is 0 Å². The lowest BCUT2D eigenvalue weighted by molar-refractivity contribution is -0.198. The molecule has 5 unspecified atom stereocenters. The smallest absolute Gasteiger partial charge is 0.422 e. The first kappa shape index (κ1) is 21.7. The average molecular weight is 428 g/mol. The van der Waals surface area contributed by atoms with Crippen LogP contribution in [0.15, 0.2) is 0 Å². The van der Waals surface area contributed by atoms with Gasteiger partial charge in [0.25, 0.3) is 10.1 Å². The minimum Gasteiger partial charge on any atom is -0.456 e. The van der Waals surface area contributed by atoms with Crippen molar-refractivity contribution in [1.82, 2.24) is 0 Å². The van der Waals surface area contributed by atoms with Crippen molar-refractivity contribution in [2.45, 2.75) is 30.4 Å². The molecule has 5 atom stereocenters. The van der Waals surface area contributed by atoms with Crippen LogP contribution in [-0.2, 0) is 29.2 Å². The molecule has 2 aliphatic carbocycles. The summed E-state index contributed by atoms with van der Waals surface area (Å²) in [5, 5.41) is -1.53. The zero-order valence-corrected chi connectivity index (χ0v) is 14.1. The van der Waals surface area contributed by atoms with Crippen LogP contribution in [0.25, 0.3) is 0 Å². The molecule has 2 bridgehead atoms. The van der Waals surface area contributed by atoms with Crippen LogP contribution in [0.2, 0.25) is 0 Å². The van der Waals surface area contributed by atoms with E-state index >= 15 is 0 Å². The van der Waals surface area contributed by atoms with Gasteiger partial charge in [-0.1, -0.05) is 0 Å². The molecule has 14 heteroatoms. The predicted octanol–water partition coefficient (Wildman–Crippen LogP) is 1.73. The van der Waals surface area contributed by atoms with Gasteiger partial charge in [-0.3, -0.25) is 14.1 Å². The van der Waals surface area contributed by atoms with Gasteiger partial charge in [0.15, 0.2) is 13.2 Å². The molecule has 7 nitrogen and oxygen atoms in total. The normalized spacial score (nSPS) is 31.0. The molecular weight excluding hydrogens is 414 g/mol. The van der Waals surface area contributed by atoms with Gasteiger partial charge in [0.05, 0.1) is 17.1 Å². The lowest BCUT2D eigenvalue weighted by Gasteiger charge is -2.31. The molecule has 0 spiro atoms. The van der Waals surface area contributed by atoms with Gasteiger partial charge in [0, 0.05) is 0 Å². The first-order chi connectivity index (χ1) is 12.1. The number of esters is 2. The van der Waals surface area contributed by atoms with Crippen LogP contribution in [0.4, 0.5) is 26.3 Å². The number of alkyl halides is 6. The molecule has 0 heterocycles. The molecule has 156 valence electrons. The zero-order chi connectivity index (χ0) is 20.8. The van der Waals surface area contributed by atoms with Crippen LogP contribution in [0, 0.1) is 23.7 Å². The Balaban J connectivity index is 2.22. The third-order valence-electron chi connectivity index (χ3n) is 4.63. The first-order valence-electron chi connectivity index (χ1n) is 7.53. The Hall–Kier alpha value is -1.57. The van der Waals surface area contributed by atoms with E-state index in [9.17, 15) is 48.9 Å². The number of fused-ring (bicyclic) bond motifs is 2. The molecule has 2 aliphatic rings. The quantitative estimate of drug-likeness (QED) is 0.404. The van der Waals surface area contributed by atoms with Gasteiger partial charge in [-0.2, -0.15) is 34.8 Å². The summed E-state index contributed by atoms with van der Waals surface area (Å²) >= 11 is 0. The fourth-order valence-corrected chi connectivity index (χ4v) is 5.02. The number of halogens is 6. The summed E-state index contributed by atoms with van der Waals surface area (Å²) in [6, 6.07) is 0. The third-order valence-corrected chi connectivity index (χ3v) is 5.93. The fraction of sp³-hybridized carbons (Fsp3) is 0.846. The number of carbonyl (C=O) groups is 2. The summed E-state index contributed by atoms with van der Waals surface area (Å²) in [7, 11) is -4.69. The molecule has 0 aromatic carbocycles. The van der Waals surface area contributed by atoms with Crippen molar-refractivity contribution in [2.24, 2.45) is 23.7 Å². The summed E-state index contributed by atoms with van der Waals surface area (Å²) < 4.78 is 113. The van der Waals surface area contributed by atoms with Crippen molar-refractivity contribution in [1.29, 1.82) is 0 Å². The summed E-state index contributed by atoms with van der Waals surface area (Å²) in [4.78, 5) is 24.0. The van der Waals surface area contributed by atoms with Gasteiger partial charge < -0.3 is 9.47 Å². The number of ether oxygens (including phenoxy) is 2. The van der Waals surface area contributed by atoms with E-state index in [0.29, 0.717) is 0 Å². The monoisotopic (exact) mass is 428 g/mol. The van der Waals surface area contributed by atoms with Gasteiger partial charge >= 0.3 is 24.3 Å². The van der Waals surface area contributed by atoms with Crippen LogP contribution in [0.1, 0.15) is 12.8 Å². The maximum absolute atomic E-state index is 12.2. The van der Waals surface area contributed by atoms with Gasteiger partial charge in [0.2, 0.25) is 0 Å². The SMILES string of the molecule is O=C(OCC(F)(F)F)C1C2CC(C1C(=O)OCC(F)(F)F)C(S(=O)(=O)O)C2. The van der Waals surface area contributed by atoms with E-state index in [2.05, 4.69) is 9.47 Å². The van der Waals surface area contributed by atoms with E-state index in [0.717, 1.165) is 0 Å². The van der Waals surface area contributed by atoms with E-state index in [1.807, 2.05) is 0 Å². The van der Waals surface area contributed by atoms with E-state index < -0.39 is 76.5 Å². The average Bonchev–Trinajstić information content (AvgIpc) is 3.06. The largest absolute Gasteiger partial charge is 0.456 e. The molecule has 0 radical (unpaired) electrons. The molecule has 2 rings (SSSR count). The second-order valence-electron chi connectivity index (χ2n) is 6.45. The summed E-state index contributed by atoms with van der Waals surface area (Å²) in [6.07, 6.45) is -10.3. The van der Waals surface area contributed by atoms with Crippen LogP contribution in [0.5, 0.6) is 0 Å². The Bertz CT molecular complexity index is 701. The Kier molecular flexibility index (Phi) is 5.72. The highest BCUT2D eigenvalue weighted by Gasteiger charge is 2.62. The summed E-state index contributed by atoms with van der Waals surface area (Å²) in [5.74, 6) is -8.64.